The summed E-state index contributed by atoms with van der Waals surface area (Å²) in [6, 6.07) is 4.12. The maximum atomic E-state index is 4.11. The molecule has 5 heteroatoms. The number of nitrogens with zero attached hydrogens (tertiary/aromatic N) is 4. The second kappa shape index (κ2) is 5.54. The van der Waals surface area contributed by atoms with Gasteiger partial charge in [-0.3, -0.25) is 4.98 Å². The van der Waals surface area contributed by atoms with Crippen LogP contribution in [-0.2, 0) is 6.54 Å². The minimum atomic E-state index is 0.111. The molecule has 0 saturated heterocycles. The Balaban J connectivity index is 2.32. The first-order valence-electron chi connectivity index (χ1n) is 5.82. The lowest BCUT2D eigenvalue weighted by Crippen LogP contribution is -2.21. The number of aryl methyl sites for hydroxylation is 1. The Morgan fingerprint density at radius 2 is 2.12 bits per heavy atom. The lowest BCUT2D eigenvalue weighted by Gasteiger charge is -2.17. The van der Waals surface area contributed by atoms with Crippen LogP contribution in [0.1, 0.15) is 30.6 Å². The Morgan fingerprint density at radius 1 is 1.35 bits per heavy atom. The third-order valence-electron chi connectivity index (χ3n) is 2.71. The van der Waals surface area contributed by atoms with Crippen molar-refractivity contribution in [3.8, 4) is 0 Å². The molecule has 5 nitrogen and oxygen atoms in total. The van der Waals surface area contributed by atoms with E-state index in [1.54, 1.807) is 12.4 Å². The molecule has 0 aliphatic rings. The summed E-state index contributed by atoms with van der Waals surface area (Å²) >= 11 is 0. The van der Waals surface area contributed by atoms with Crippen LogP contribution < -0.4 is 5.32 Å². The van der Waals surface area contributed by atoms with Gasteiger partial charge in [0, 0.05) is 18.9 Å². The fourth-order valence-corrected chi connectivity index (χ4v) is 1.92. The van der Waals surface area contributed by atoms with Crippen LogP contribution >= 0.6 is 0 Å². The Labute approximate surface area is 101 Å². The second-order valence-corrected chi connectivity index (χ2v) is 3.88. The van der Waals surface area contributed by atoms with Gasteiger partial charge in [-0.1, -0.05) is 12.1 Å². The maximum absolute atomic E-state index is 4.11. The SMILES string of the molecule is CCCn1nncc1C(NC)c1ccncc1. The van der Waals surface area contributed by atoms with Gasteiger partial charge in [0.05, 0.1) is 17.9 Å². The van der Waals surface area contributed by atoms with E-state index in [0.29, 0.717) is 0 Å². The number of hydrogen-bond acceptors (Lipinski definition) is 4. The molecular weight excluding hydrogens is 214 g/mol. The van der Waals surface area contributed by atoms with Crippen LogP contribution in [0.25, 0.3) is 0 Å². The number of rotatable bonds is 5. The summed E-state index contributed by atoms with van der Waals surface area (Å²) in [5, 5.41) is 11.4. The van der Waals surface area contributed by atoms with E-state index in [-0.39, 0.29) is 6.04 Å². The quantitative estimate of drug-likeness (QED) is 0.845. The smallest absolute Gasteiger partial charge is 0.0801 e. The molecule has 0 fully saturated rings. The molecule has 0 radical (unpaired) electrons. The lowest BCUT2D eigenvalue weighted by atomic mass is 10.1. The molecule has 0 spiro atoms. The summed E-state index contributed by atoms with van der Waals surface area (Å²) in [6.07, 6.45) is 6.46. The van der Waals surface area contributed by atoms with E-state index in [1.165, 1.54) is 5.56 Å². The van der Waals surface area contributed by atoms with E-state index >= 15 is 0 Å². The van der Waals surface area contributed by atoms with Crippen LogP contribution in [0.15, 0.2) is 30.7 Å². The lowest BCUT2D eigenvalue weighted by molar-refractivity contribution is 0.523. The van der Waals surface area contributed by atoms with Gasteiger partial charge in [-0.2, -0.15) is 0 Å². The molecule has 2 aromatic rings. The average molecular weight is 231 g/mol. The summed E-state index contributed by atoms with van der Waals surface area (Å²) in [5.41, 5.74) is 2.25. The largest absolute Gasteiger partial charge is 0.308 e. The van der Waals surface area contributed by atoms with Gasteiger partial charge in [-0.15, -0.1) is 5.10 Å². The highest BCUT2D eigenvalue weighted by molar-refractivity contribution is 5.24. The van der Waals surface area contributed by atoms with Crippen LogP contribution in [0.3, 0.4) is 0 Å². The second-order valence-electron chi connectivity index (χ2n) is 3.88. The molecule has 1 unspecified atom stereocenters. The predicted molar refractivity (Wildman–Crippen MR) is 65.5 cm³/mol. The molecule has 17 heavy (non-hydrogen) atoms. The van der Waals surface area contributed by atoms with Crippen molar-refractivity contribution in [2.45, 2.75) is 25.9 Å². The monoisotopic (exact) mass is 231 g/mol. The molecule has 2 heterocycles. The van der Waals surface area contributed by atoms with Crippen molar-refractivity contribution in [2.24, 2.45) is 0 Å². The first kappa shape index (κ1) is 11.7. The van der Waals surface area contributed by atoms with Crippen molar-refractivity contribution < 1.29 is 0 Å². The van der Waals surface area contributed by atoms with Gasteiger partial charge < -0.3 is 5.32 Å². The summed E-state index contributed by atoms with van der Waals surface area (Å²) in [4.78, 5) is 4.04. The zero-order valence-electron chi connectivity index (χ0n) is 10.2. The zero-order chi connectivity index (χ0) is 12.1. The van der Waals surface area contributed by atoms with Crippen molar-refractivity contribution in [3.05, 3.63) is 42.0 Å². The molecule has 0 saturated carbocycles. The Bertz CT molecular complexity index is 451. The molecule has 90 valence electrons. The molecule has 1 atom stereocenters. The molecule has 0 aliphatic heterocycles. The molecule has 0 aliphatic carbocycles. The zero-order valence-corrected chi connectivity index (χ0v) is 10.2. The summed E-state index contributed by atoms with van der Waals surface area (Å²) in [7, 11) is 1.94. The summed E-state index contributed by atoms with van der Waals surface area (Å²) in [5.74, 6) is 0. The fourth-order valence-electron chi connectivity index (χ4n) is 1.92. The molecule has 0 bridgehead atoms. The Morgan fingerprint density at radius 3 is 2.76 bits per heavy atom. The average Bonchev–Trinajstić information content (AvgIpc) is 2.81. The van der Waals surface area contributed by atoms with Gasteiger partial charge in [0.25, 0.3) is 0 Å². The van der Waals surface area contributed by atoms with Crippen molar-refractivity contribution in [3.63, 3.8) is 0 Å². The molecular formula is C12H17N5. The third-order valence-corrected chi connectivity index (χ3v) is 2.71. The van der Waals surface area contributed by atoms with Gasteiger partial charge in [-0.05, 0) is 31.2 Å². The minimum absolute atomic E-state index is 0.111. The van der Waals surface area contributed by atoms with Crippen LogP contribution in [-0.4, -0.2) is 27.0 Å². The third kappa shape index (κ3) is 2.50. The molecule has 0 amide bonds. The van der Waals surface area contributed by atoms with Crippen molar-refractivity contribution in [1.82, 2.24) is 25.3 Å². The molecule has 1 N–H and O–H groups in total. The van der Waals surface area contributed by atoms with Crippen molar-refractivity contribution in [2.75, 3.05) is 7.05 Å². The molecule has 2 rings (SSSR count). The van der Waals surface area contributed by atoms with Gasteiger partial charge in [0.2, 0.25) is 0 Å². The van der Waals surface area contributed by atoms with Crippen LogP contribution in [0.4, 0.5) is 0 Å². The summed E-state index contributed by atoms with van der Waals surface area (Å²) < 4.78 is 1.95. The minimum Gasteiger partial charge on any atom is -0.308 e. The van der Waals surface area contributed by atoms with Gasteiger partial charge in [0.15, 0.2) is 0 Å². The van der Waals surface area contributed by atoms with E-state index in [1.807, 2.05) is 30.1 Å². The first-order chi connectivity index (χ1) is 8.36. The standard InChI is InChI=1S/C12H17N5/c1-3-8-17-11(9-15-16-17)12(13-2)10-4-6-14-7-5-10/h4-7,9,12-13H,3,8H2,1-2H3. The molecule has 0 aromatic carbocycles. The topological polar surface area (TPSA) is 55.6 Å². The van der Waals surface area contributed by atoms with Gasteiger partial charge >= 0.3 is 0 Å². The van der Waals surface area contributed by atoms with E-state index < -0.39 is 0 Å². The van der Waals surface area contributed by atoms with Crippen molar-refractivity contribution in [1.29, 1.82) is 0 Å². The maximum Gasteiger partial charge on any atom is 0.0801 e. The number of pyridine rings is 1. The first-order valence-corrected chi connectivity index (χ1v) is 5.82. The summed E-state index contributed by atoms with van der Waals surface area (Å²) in [6.45, 7) is 3.02. The van der Waals surface area contributed by atoms with Gasteiger partial charge in [0.1, 0.15) is 0 Å². The van der Waals surface area contributed by atoms with E-state index in [9.17, 15) is 0 Å². The highest BCUT2D eigenvalue weighted by atomic mass is 15.4. The Hall–Kier alpha value is -1.75. The number of nitrogens with one attached hydrogen (secondary N) is 1. The van der Waals surface area contributed by atoms with Crippen molar-refractivity contribution >= 4 is 0 Å². The van der Waals surface area contributed by atoms with Crippen LogP contribution in [0.2, 0.25) is 0 Å². The predicted octanol–water partition coefficient (Wildman–Crippen LogP) is 1.39. The number of hydrogen-bond donors (Lipinski definition) is 1. The van der Waals surface area contributed by atoms with Crippen LogP contribution in [0, 0.1) is 0 Å². The number of aromatic nitrogens is 4. The highest BCUT2D eigenvalue weighted by Gasteiger charge is 2.16. The van der Waals surface area contributed by atoms with E-state index in [2.05, 4.69) is 27.5 Å². The highest BCUT2D eigenvalue weighted by Crippen LogP contribution is 2.20. The normalized spacial score (nSPS) is 12.6. The van der Waals surface area contributed by atoms with Gasteiger partial charge in [-0.25, -0.2) is 4.68 Å². The Kier molecular flexibility index (Phi) is 3.82. The van der Waals surface area contributed by atoms with E-state index in [4.69, 9.17) is 0 Å². The van der Waals surface area contributed by atoms with E-state index in [0.717, 1.165) is 18.7 Å². The van der Waals surface area contributed by atoms with Crippen LogP contribution in [0.5, 0.6) is 0 Å². The fraction of sp³-hybridized carbons (Fsp3) is 0.417. The molecule has 2 aromatic heterocycles.